The minimum atomic E-state index is 0.243. The Morgan fingerprint density at radius 2 is 1.78 bits per heavy atom. The lowest BCUT2D eigenvalue weighted by molar-refractivity contribution is 0.275. The summed E-state index contributed by atoms with van der Waals surface area (Å²) in [7, 11) is 4.20. The van der Waals surface area contributed by atoms with Crippen LogP contribution in [0.4, 0.5) is 5.69 Å². The van der Waals surface area contributed by atoms with Gasteiger partial charge in [-0.05, 0) is 43.5 Å². The van der Waals surface area contributed by atoms with Gasteiger partial charge in [-0.25, -0.2) is 0 Å². The molecule has 1 aromatic rings. The number of anilines is 1. The lowest BCUT2D eigenvalue weighted by Crippen LogP contribution is -2.44. The van der Waals surface area contributed by atoms with Crippen molar-refractivity contribution in [3.63, 3.8) is 0 Å². The topological polar surface area (TPSA) is 15.3 Å². The molecule has 1 N–H and O–H groups in total. The van der Waals surface area contributed by atoms with Crippen LogP contribution in [0, 0.1) is 5.41 Å². The quantitative estimate of drug-likeness (QED) is 0.831. The Bertz CT molecular complexity index is 354. The average molecular weight is 248 g/mol. The Kier molecular flexibility index (Phi) is 5.21. The summed E-state index contributed by atoms with van der Waals surface area (Å²) in [6.45, 7) is 10.1. The molecule has 0 radical (unpaired) electrons. The molecule has 1 rings (SSSR count). The minimum absolute atomic E-state index is 0.243. The number of hydrogen-bond donors (Lipinski definition) is 1. The van der Waals surface area contributed by atoms with E-state index in [0.29, 0.717) is 6.04 Å². The monoisotopic (exact) mass is 248 g/mol. The summed E-state index contributed by atoms with van der Waals surface area (Å²) in [6.07, 6.45) is 1.10. The SMILES string of the molecule is CCc1ccc(N(C)CC(C)(C)C(C)NC)cc1. The van der Waals surface area contributed by atoms with Crippen molar-refractivity contribution >= 4 is 5.69 Å². The van der Waals surface area contributed by atoms with E-state index in [9.17, 15) is 0 Å². The van der Waals surface area contributed by atoms with Gasteiger partial charge in [0.1, 0.15) is 0 Å². The van der Waals surface area contributed by atoms with Gasteiger partial charge in [-0.2, -0.15) is 0 Å². The molecule has 0 aliphatic rings. The summed E-state index contributed by atoms with van der Waals surface area (Å²) < 4.78 is 0. The molecule has 1 atom stereocenters. The fourth-order valence-electron chi connectivity index (χ4n) is 2.22. The molecule has 18 heavy (non-hydrogen) atoms. The van der Waals surface area contributed by atoms with Crippen molar-refractivity contribution in [2.75, 3.05) is 25.5 Å². The maximum Gasteiger partial charge on any atom is 0.0363 e. The van der Waals surface area contributed by atoms with Crippen molar-refractivity contribution in [2.24, 2.45) is 5.41 Å². The average Bonchev–Trinajstić information content (AvgIpc) is 2.37. The molecule has 1 aromatic carbocycles. The van der Waals surface area contributed by atoms with E-state index >= 15 is 0 Å². The second-order valence-electron chi connectivity index (χ2n) is 5.88. The predicted octanol–water partition coefficient (Wildman–Crippen LogP) is 3.32. The number of benzene rings is 1. The van der Waals surface area contributed by atoms with E-state index in [1.165, 1.54) is 11.3 Å². The van der Waals surface area contributed by atoms with Gasteiger partial charge in [0, 0.05) is 25.3 Å². The molecule has 0 amide bonds. The van der Waals surface area contributed by atoms with Gasteiger partial charge in [0.15, 0.2) is 0 Å². The van der Waals surface area contributed by atoms with Gasteiger partial charge >= 0.3 is 0 Å². The summed E-state index contributed by atoms with van der Waals surface area (Å²) in [6, 6.07) is 9.38. The van der Waals surface area contributed by atoms with Crippen molar-refractivity contribution in [2.45, 2.75) is 40.2 Å². The van der Waals surface area contributed by atoms with E-state index in [2.05, 4.69) is 69.2 Å². The molecule has 0 saturated heterocycles. The highest BCUT2D eigenvalue weighted by molar-refractivity contribution is 5.47. The van der Waals surface area contributed by atoms with Crippen LogP contribution in [-0.4, -0.2) is 26.7 Å². The molecule has 0 aliphatic carbocycles. The van der Waals surface area contributed by atoms with E-state index in [1.807, 2.05) is 7.05 Å². The van der Waals surface area contributed by atoms with Gasteiger partial charge in [-0.1, -0.05) is 32.9 Å². The van der Waals surface area contributed by atoms with Crippen LogP contribution < -0.4 is 10.2 Å². The highest BCUT2D eigenvalue weighted by Crippen LogP contribution is 2.24. The third-order valence-corrected chi connectivity index (χ3v) is 4.04. The Hall–Kier alpha value is -1.02. The van der Waals surface area contributed by atoms with Crippen LogP contribution in [0.3, 0.4) is 0 Å². The third-order valence-electron chi connectivity index (χ3n) is 4.04. The largest absolute Gasteiger partial charge is 0.374 e. The van der Waals surface area contributed by atoms with Gasteiger partial charge < -0.3 is 10.2 Å². The van der Waals surface area contributed by atoms with Gasteiger partial charge in [0.25, 0.3) is 0 Å². The predicted molar refractivity (Wildman–Crippen MR) is 81.4 cm³/mol. The first-order chi connectivity index (χ1) is 8.40. The number of aryl methyl sites for hydroxylation is 1. The molecular formula is C16H28N2. The van der Waals surface area contributed by atoms with E-state index in [1.54, 1.807) is 0 Å². The van der Waals surface area contributed by atoms with E-state index in [-0.39, 0.29) is 5.41 Å². The number of rotatable bonds is 6. The zero-order valence-corrected chi connectivity index (χ0v) is 12.7. The van der Waals surface area contributed by atoms with E-state index in [4.69, 9.17) is 0 Å². The second-order valence-corrected chi connectivity index (χ2v) is 5.88. The Morgan fingerprint density at radius 1 is 1.22 bits per heavy atom. The van der Waals surface area contributed by atoms with Gasteiger partial charge in [0.2, 0.25) is 0 Å². The molecule has 0 bridgehead atoms. The Labute approximate surface area is 112 Å². The minimum Gasteiger partial charge on any atom is -0.374 e. The maximum absolute atomic E-state index is 3.35. The van der Waals surface area contributed by atoms with Crippen molar-refractivity contribution in [3.05, 3.63) is 29.8 Å². The molecule has 1 unspecified atom stereocenters. The van der Waals surface area contributed by atoms with Gasteiger partial charge in [0.05, 0.1) is 0 Å². The second kappa shape index (κ2) is 6.24. The van der Waals surface area contributed by atoms with Crippen LogP contribution in [0.2, 0.25) is 0 Å². The summed E-state index contributed by atoms with van der Waals surface area (Å²) in [5.41, 5.74) is 2.94. The van der Waals surface area contributed by atoms with Crippen molar-refractivity contribution in [3.8, 4) is 0 Å². The standard InChI is InChI=1S/C16H28N2/c1-7-14-8-10-15(11-9-14)18(6)12-16(3,4)13(2)17-5/h8-11,13,17H,7,12H2,1-6H3. The van der Waals surface area contributed by atoms with Crippen molar-refractivity contribution < 1.29 is 0 Å². The van der Waals surface area contributed by atoms with Crippen LogP contribution in [0.5, 0.6) is 0 Å². The lowest BCUT2D eigenvalue weighted by atomic mass is 9.85. The highest BCUT2D eigenvalue weighted by Gasteiger charge is 2.26. The molecule has 2 heteroatoms. The van der Waals surface area contributed by atoms with E-state index < -0.39 is 0 Å². The van der Waals surface area contributed by atoms with Crippen LogP contribution in [0.25, 0.3) is 0 Å². The molecule has 0 spiro atoms. The number of hydrogen-bond acceptors (Lipinski definition) is 2. The summed E-state index contributed by atoms with van der Waals surface area (Å²) in [5, 5.41) is 3.35. The maximum atomic E-state index is 3.35. The van der Waals surface area contributed by atoms with Crippen LogP contribution in [0.1, 0.15) is 33.3 Å². The van der Waals surface area contributed by atoms with Crippen LogP contribution in [0.15, 0.2) is 24.3 Å². The summed E-state index contributed by atoms with van der Waals surface area (Å²) in [5.74, 6) is 0. The fourth-order valence-corrected chi connectivity index (χ4v) is 2.22. The van der Waals surface area contributed by atoms with Crippen molar-refractivity contribution in [1.29, 1.82) is 0 Å². The van der Waals surface area contributed by atoms with Gasteiger partial charge in [-0.15, -0.1) is 0 Å². The van der Waals surface area contributed by atoms with Gasteiger partial charge in [-0.3, -0.25) is 0 Å². The number of nitrogens with zero attached hydrogens (tertiary/aromatic N) is 1. The molecular weight excluding hydrogens is 220 g/mol. The first-order valence-electron chi connectivity index (χ1n) is 6.88. The molecule has 0 fully saturated rings. The normalized spacial score (nSPS) is 13.4. The van der Waals surface area contributed by atoms with Crippen LogP contribution >= 0.6 is 0 Å². The zero-order chi connectivity index (χ0) is 13.8. The Balaban J connectivity index is 2.72. The molecule has 0 aliphatic heterocycles. The number of nitrogens with one attached hydrogen (secondary N) is 1. The lowest BCUT2D eigenvalue weighted by Gasteiger charge is -2.36. The molecule has 0 aromatic heterocycles. The molecule has 0 saturated carbocycles. The highest BCUT2D eigenvalue weighted by atomic mass is 15.1. The Morgan fingerprint density at radius 3 is 2.22 bits per heavy atom. The fraction of sp³-hybridized carbons (Fsp3) is 0.625. The smallest absolute Gasteiger partial charge is 0.0363 e. The summed E-state index contributed by atoms with van der Waals surface area (Å²) >= 11 is 0. The summed E-state index contributed by atoms with van der Waals surface area (Å²) in [4.78, 5) is 2.34. The first kappa shape index (κ1) is 15.0. The van der Waals surface area contributed by atoms with Crippen LogP contribution in [-0.2, 0) is 6.42 Å². The third kappa shape index (κ3) is 3.74. The molecule has 0 heterocycles. The zero-order valence-electron chi connectivity index (χ0n) is 12.7. The van der Waals surface area contributed by atoms with Crippen molar-refractivity contribution in [1.82, 2.24) is 5.32 Å². The molecule has 2 nitrogen and oxygen atoms in total. The molecule has 102 valence electrons. The van der Waals surface area contributed by atoms with E-state index in [0.717, 1.165) is 13.0 Å². The first-order valence-corrected chi connectivity index (χ1v) is 6.88.